The summed E-state index contributed by atoms with van der Waals surface area (Å²) in [6, 6.07) is 18.6. The second-order valence-electron chi connectivity index (χ2n) is 5.71. The van der Waals surface area contributed by atoms with Gasteiger partial charge in [-0.25, -0.2) is 9.59 Å². The second kappa shape index (κ2) is 7.66. The second-order valence-corrected chi connectivity index (χ2v) is 5.71. The van der Waals surface area contributed by atoms with Crippen LogP contribution >= 0.6 is 0 Å². The van der Waals surface area contributed by atoms with Gasteiger partial charge < -0.3 is 14.6 Å². The predicted octanol–water partition coefficient (Wildman–Crippen LogP) is 3.06. The summed E-state index contributed by atoms with van der Waals surface area (Å²) in [5, 5.41) is 9.46. The standard InChI is InChI=1S/C20H18O5/c21-19(22)16(12-11-14-7-3-1-4-8-14)25-17-13-24-20(23)18(17)15-9-5-2-6-10-15/h1-10,16H,11-13H2,(H,21,22). The quantitative estimate of drug-likeness (QED) is 0.786. The normalized spacial score (nSPS) is 15.0. The molecule has 0 aromatic heterocycles. The zero-order valence-corrected chi connectivity index (χ0v) is 13.6. The highest BCUT2D eigenvalue weighted by Crippen LogP contribution is 2.28. The molecule has 1 unspecified atom stereocenters. The predicted molar refractivity (Wildman–Crippen MR) is 91.6 cm³/mol. The molecule has 0 saturated heterocycles. The first kappa shape index (κ1) is 16.8. The van der Waals surface area contributed by atoms with Crippen molar-refractivity contribution >= 4 is 17.5 Å². The zero-order chi connectivity index (χ0) is 17.6. The lowest BCUT2D eigenvalue weighted by atomic mass is 10.1. The van der Waals surface area contributed by atoms with E-state index in [1.807, 2.05) is 36.4 Å². The summed E-state index contributed by atoms with van der Waals surface area (Å²) >= 11 is 0. The van der Waals surface area contributed by atoms with Crippen molar-refractivity contribution in [1.82, 2.24) is 0 Å². The maximum absolute atomic E-state index is 12.0. The number of carbonyl (C=O) groups is 2. The van der Waals surface area contributed by atoms with E-state index >= 15 is 0 Å². The topological polar surface area (TPSA) is 72.8 Å². The van der Waals surface area contributed by atoms with Gasteiger partial charge in [0.2, 0.25) is 0 Å². The fourth-order valence-electron chi connectivity index (χ4n) is 2.71. The number of hydrogen-bond acceptors (Lipinski definition) is 4. The molecule has 1 atom stereocenters. The van der Waals surface area contributed by atoms with E-state index in [2.05, 4.69) is 0 Å². The highest BCUT2D eigenvalue weighted by molar-refractivity contribution is 6.18. The van der Waals surface area contributed by atoms with Crippen LogP contribution in [0.25, 0.3) is 5.57 Å². The molecule has 0 saturated carbocycles. The number of ether oxygens (including phenoxy) is 2. The van der Waals surface area contributed by atoms with E-state index in [1.54, 1.807) is 24.3 Å². The van der Waals surface area contributed by atoms with Crippen LogP contribution in [0.3, 0.4) is 0 Å². The molecule has 0 spiro atoms. The minimum atomic E-state index is -1.06. The fraction of sp³-hybridized carbons (Fsp3) is 0.200. The van der Waals surface area contributed by atoms with E-state index in [0.717, 1.165) is 5.56 Å². The maximum Gasteiger partial charge on any atom is 0.344 e. The van der Waals surface area contributed by atoms with Gasteiger partial charge in [0.1, 0.15) is 17.9 Å². The Balaban J connectivity index is 1.77. The average Bonchev–Trinajstić information content (AvgIpc) is 3.00. The number of carbonyl (C=O) groups excluding carboxylic acids is 1. The molecule has 128 valence electrons. The summed E-state index contributed by atoms with van der Waals surface area (Å²) in [6.07, 6.45) is -0.164. The first-order valence-electron chi connectivity index (χ1n) is 8.04. The number of rotatable bonds is 7. The number of aliphatic carboxylic acids is 1. The first-order chi connectivity index (χ1) is 12.1. The Bertz CT molecular complexity index is 780. The largest absolute Gasteiger partial charge is 0.479 e. The van der Waals surface area contributed by atoms with Crippen molar-refractivity contribution in [3.05, 3.63) is 77.5 Å². The van der Waals surface area contributed by atoms with Gasteiger partial charge in [-0.2, -0.15) is 0 Å². The molecule has 2 aromatic carbocycles. The van der Waals surface area contributed by atoms with Crippen molar-refractivity contribution in [3.63, 3.8) is 0 Å². The third kappa shape index (κ3) is 4.07. The van der Waals surface area contributed by atoms with Crippen LogP contribution in [0.2, 0.25) is 0 Å². The van der Waals surface area contributed by atoms with Crippen molar-refractivity contribution in [1.29, 1.82) is 0 Å². The molecule has 1 N–H and O–H groups in total. The van der Waals surface area contributed by atoms with Gasteiger partial charge in [-0.05, 0) is 24.0 Å². The lowest BCUT2D eigenvalue weighted by Gasteiger charge is -2.16. The van der Waals surface area contributed by atoms with Crippen molar-refractivity contribution in [3.8, 4) is 0 Å². The molecule has 1 heterocycles. The molecule has 5 heteroatoms. The van der Waals surface area contributed by atoms with Crippen LogP contribution in [0.5, 0.6) is 0 Å². The Morgan fingerprint density at radius 1 is 1.08 bits per heavy atom. The third-order valence-electron chi connectivity index (χ3n) is 3.98. The van der Waals surface area contributed by atoms with Crippen LogP contribution in [-0.4, -0.2) is 29.8 Å². The van der Waals surface area contributed by atoms with Gasteiger partial charge in [0.25, 0.3) is 0 Å². The SMILES string of the molecule is O=C1OCC(OC(CCc2ccccc2)C(=O)O)=C1c1ccccc1. The fourth-order valence-corrected chi connectivity index (χ4v) is 2.71. The van der Waals surface area contributed by atoms with Gasteiger partial charge in [0, 0.05) is 0 Å². The molecule has 25 heavy (non-hydrogen) atoms. The Hall–Kier alpha value is -3.08. The van der Waals surface area contributed by atoms with Crippen molar-refractivity contribution in [2.75, 3.05) is 6.61 Å². The number of aryl methyl sites for hydroxylation is 1. The molecule has 3 rings (SSSR count). The molecule has 0 bridgehead atoms. The maximum atomic E-state index is 12.0. The van der Waals surface area contributed by atoms with Gasteiger partial charge in [0.05, 0.1) is 0 Å². The van der Waals surface area contributed by atoms with Crippen molar-refractivity contribution in [2.45, 2.75) is 18.9 Å². The van der Waals surface area contributed by atoms with Gasteiger partial charge >= 0.3 is 11.9 Å². The summed E-state index contributed by atoms with van der Waals surface area (Å²) < 4.78 is 10.7. The highest BCUT2D eigenvalue weighted by atomic mass is 16.6. The third-order valence-corrected chi connectivity index (χ3v) is 3.98. The molecule has 0 aliphatic carbocycles. The van der Waals surface area contributed by atoms with Crippen LogP contribution in [0, 0.1) is 0 Å². The molecule has 2 aromatic rings. The highest BCUT2D eigenvalue weighted by Gasteiger charge is 2.31. The summed E-state index contributed by atoms with van der Waals surface area (Å²) in [4.78, 5) is 23.6. The minimum absolute atomic E-state index is 0.0435. The zero-order valence-electron chi connectivity index (χ0n) is 13.6. The average molecular weight is 338 g/mol. The monoisotopic (exact) mass is 338 g/mol. The first-order valence-corrected chi connectivity index (χ1v) is 8.04. The summed E-state index contributed by atoms with van der Waals surface area (Å²) in [5.41, 5.74) is 1.99. The number of benzene rings is 2. The molecule has 1 aliphatic rings. The summed E-state index contributed by atoms with van der Waals surface area (Å²) in [7, 11) is 0. The Morgan fingerprint density at radius 2 is 1.72 bits per heavy atom. The number of carboxylic acid groups (broad SMARTS) is 1. The number of esters is 1. The molecule has 0 radical (unpaired) electrons. The van der Waals surface area contributed by atoms with Crippen LogP contribution in [0.1, 0.15) is 17.5 Å². The smallest absolute Gasteiger partial charge is 0.344 e. The van der Waals surface area contributed by atoms with Crippen LogP contribution < -0.4 is 0 Å². The Kier molecular flexibility index (Phi) is 5.14. The molecule has 0 amide bonds. The van der Waals surface area contributed by atoms with Gasteiger partial charge in [0.15, 0.2) is 6.10 Å². The summed E-state index contributed by atoms with van der Waals surface area (Å²) in [6.45, 7) is -0.0435. The lowest BCUT2D eigenvalue weighted by Crippen LogP contribution is -2.25. The molecule has 0 fully saturated rings. The van der Waals surface area contributed by atoms with Gasteiger partial charge in [-0.3, -0.25) is 0 Å². The van der Waals surface area contributed by atoms with Gasteiger partial charge in [-0.15, -0.1) is 0 Å². The van der Waals surface area contributed by atoms with Gasteiger partial charge in [-0.1, -0.05) is 60.7 Å². The minimum Gasteiger partial charge on any atom is -0.479 e. The van der Waals surface area contributed by atoms with E-state index < -0.39 is 18.0 Å². The van der Waals surface area contributed by atoms with E-state index in [4.69, 9.17) is 9.47 Å². The number of carboxylic acids is 1. The summed E-state index contributed by atoms with van der Waals surface area (Å²) in [5.74, 6) is -1.28. The Morgan fingerprint density at radius 3 is 2.36 bits per heavy atom. The molecular weight excluding hydrogens is 320 g/mol. The van der Waals surface area contributed by atoms with E-state index in [9.17, 15) is 14.7 Å². The number of hydrogen-bond donors (Lipinski definition) is 1. The molecule has 5 nitrogen and oxygen atoms in total. The number of cyclic esters (lactones) is 1. The van der Waals surface area contributed by atoms with Crippen molar-refractivity contribution < 1.29 is 24.2 Å². The molecular formula is C20H18O5. The van der Waals surface area contributed by atoms with Crippen molar-refractivity contribution in [2.24, 2.45) is 0 Å². The van der Waals surface area contributed by atoms with Crippen LogP contribution in [-0.2, 0) is 25.5 Å². The Labute approximate surface area is 145 Å². The molecule has 1 aliphatic heterocycles. The van der Waals surface area contributed by atoms with E-state index in [1.165, 1.54) is 0 Å². The van der Waals surface area contributed by atoms with E-state index in [0.29, 0.717) is 24.0 Å². The van der Waals surface area contributed by atoms with Crippen LogP contribution in [0.15, 0.2) is 66.4 Å². The lowest BCUT2D eigenvalue weighted by molar-refractivity contribution is -0.148. The van der Waals surface area contributed by atoms with E-state index in [-0.39, 0.29) is 12.4 Å². The van der Waals surface area contributed by atoms with Crippen LogP contribution in [0.4, 0.5) is 0 Å².